The van der Waals surface area contributed by atoms with Crippen molar-refractivity contribution in [1.82, 2.24) is 4.31 Å². The summed E-state index contributed by atoms with van der Waals surface area (Å²) in [6.07, 6.45) is 0. The second-order valence-corrected chi connectivity index (χ2v) is 9.60. The maximum absolute atomic E-state index is 13.1. The Balaban J connectivity index is 2.34. The predicted octanol–water partition coefficient (Wildman–Crippen LogP) is 3.84. The molecule has 0 atom stereocenters. The summed E-state index contributed by atoms with van der Waals surface area (Å²) in [5, 5.41) is 0. The number of aryl methyl sites for hydroxylation is 2. The molecule has 27 heavy (non-hydrogen) atoms. The molecule has 2 rings (SSSR count). The first-order chi connectivity index (χ1) is 12.5. The van der Waals surface area contributed by atoms with Crippen LogP contribution in [0.2, 0.25) is 0 Å². The molecule has 0 radical (unpaired) electrons. The fraction of sp³-hybridized carbons (Fsp3) is 0.381. The van der Waals surface area contributed by atoms with Crippen LogP contribution in [-0.2, 0) is 26.1 Å². The molecular weight excluding hydrogens is 362 g/mol. The van der Waals surface area contributed by atoms with Crippen molar-refractivity contribution in [1.29, 1.82) is 0 Å². The lowest BCUT2D eigenvalue weighted by molar-refractivity contribution is -0.155. The Morgan fingerprint density at radius 2 is 1.41 bits per heavy atom. The summed E-state index contributed by atoms with van der Waals surface area (Å²) in [6, 6.07) is 14.2. The number of ether oxygens (including phenoxy) is 1. The highest BCUT2D eigenvalue weighted by Crippen LogP contribution is 2.20. The van der Waals surface area contributed by atoms with Crippen molar-refractivity contribution in [2.24, 2.45) is 0 Å². The highest BCUT2D eigenvalue weighted by Gasteiger charge is 2.29. The van der Waals surface area contributed by atoms with Gasteiger partial charge in [0, 0.05) is 6.54 Å². The Hall–Kier alpha value is -2.18. The third kappa shape index (κ3) is 6.19. The van der Waals surface area contributed by atoms with Gasteiger partial charge >= 0.3 is 5.97 Å². The molecule has 0 unspecified atom stereocenters. The first kappa shape index (κ1) is 21.1. The highest BCUT2D eigenvalue weighted by molar-refractivity contribution is 7.89. The molecule has 0 aromatic heterocycles. The Morgan fingerprint density at radius 3 is 1.89 bits per heavy atom. The molecule has 0 heterocycles. The van der Waals surface area contributed by atoms with E-state index in [1.807, 2.05) is 38.1 Å². The largest absolute Gasteiger partial charge is 0.459 e. The lowest BCUT2D eigenvalue weighted by Crippen LogP contribution is -2.38. The molecule has 6 heteroatoms. The van der Waals surface area contributed by atoms with Crippen molar-refractivity contribution >= 4 is 16.0 Å². The summed E-state index contributed by atoms with van der Waals surface area (Å²) in [7, 11) is -3.84. The molecule has 2 aromatic rings. The average Bonchev–Trinajstić information content (AvgIpc) is 2.55. The van der Waals surface area contributed by atoms with Gasteiger partial charge in [-0.2, -0.15) is 4.31 Å². The molecule has 0 N–H and O–H groups in total. The number of carbonyl (C=O) groups excluding carboxylic acids is 1. The fourth-order valence-electron chi connectivity index (χ4n) is 2.50. The molecule has 0 aliphatic heterocycles. The Labute approximate surface area is 162 Å². The predicted molar refractivity (Wildman–Crippen MR) is 106 cm³/mol. The molecule has 0 amide bonds. The summed E-state index contributed by atoms with van der Waals surface area (Å²) in [4.78, 5) is 12.5. The van der Waals surface area contributed by atoms with Crippen molar-refractivity contribution in [3.63, 3.8) is 0 Å². The zero-order chi connectivity index (χ0) is 20.2. The van der Waals surface area contributed by atoms with E-state index >= 15 is 0 Å². The molecule has 0 saturated heterocycles. The van der Waals surface area contributed by atoms with Crippen molar-refractivity contribution in [3.05, 3.63) is 65.2 Å². The van der Waals surface area contributed by atoms with Gasteiger partial charge in [0.05, 0.1) is 4.90 Å². The van der Waals surface area contributed by atoms with Crippen molar-refractivity contribution in [3.8, 4) is 0 Å². The number of nitrogens with zero attached hydrogens (tertiary/aromatic N) is 1. The van der Waals surface area contributed by atoms with Crippen LogP contribution in [0, 0.1) is 13.8 Å². The number of hydrogen-bond donors (Lipinski definition) is 0. The molecule has 0 saturated carbocycles. The van der Waals surface area contributed by atoms with E-state index in [0.29, 0.717) is 0 Å². The third-order valence-corrected chi connectivity index (χ3v) is 5.67. The quantitative estimate of drug-likeness (QED) is 0.704. The van der Waals surface area contributed by atoms with Crippen LogP contribution in [0.15, 0.2) is 53.4 Å². The molecule has 2 aromatic carbocycles. The van der Waals surface area contributed by atoms with Crippen LogP contribution < -0.4 is 0 Å². The van der Waals surface area contributed by atoms with E-state index in [1.54, 1.807) is 45.0 Å². The van der Waals surface area contributed by atoms with E-state index in [0.717, 1.165) is 21.0 Å². The number of carbonyl (C=O) groups is 1. The molecular formula is C21H27NO4S. The maximum atomic E-state index is 13.1. The first-order valence-corrected chi connectivity index (χ1v) is 10.3. The molecule has 0 aliphatic rings. The molecule has 0 fully saturated rings. The SMILES string of the molecule is Cc1ccc(CN(CC(=O)OC(C)(C)C)S(=O)(=O)c2ccc(C)cc2)cc1. The lowest BCUT2D eigenvalue weighted by atomic mass is 10.1. The molecule has 0 spiro atoms. The van der Waals surface area contributed by atoms with Crippen LogP contribution in [-0.4, -0.2) is 30.8 Å². The molecule has 146 valence electrons. The minimum absolute atomic E-state index is 0.0930. The van der Waals surface area contributed by atoms with E-state index in [2.05, 4.69) is 0 Å². The van der Waals surface area contributed by atoms with Crippen LogP contribution in [0.3, 0.4) is 0 Å². The summed E-state index contributed by atoms with van der Waals surface area (Å²) < 4.78 is 32.8. The van der Waals surface area contributed by atoms with Crippen LogP contribution in [0.1, 0.15) is 37.5 Å². The van der Waals surface area contributed by atoms with Crippen molar-refractivity contribution in [2.45, 2.75) is 51.7 Å². The van der Waals surface area contributed by atoms with Crippen LogP contribution in [0.25, 0.3) is 0 Å². The Bertz CT molecular complexity index is 879. The van der Waals surface area contributed by atoms with Gasteiger partial charge < -0.3 is 4.74 Å². The van der Waals surface area contributed by atoms with Crippen LogP contribution in [0.5, 0.6) is 0 Å². The molecule has 0 bridgehead atoms. The minimum Gasteiger partial charge on any atom is -0.459 e. The Morgan fingerprint density at radius 1 is 0.926 bits per heavy atom. The standard InChI is InChI=1S/C21H27NO4S/c1-16-6-10-18(11-7-16)14-22(15-20(23)26-21(3,4)5)27(24,25)19-12-8-17(2)9-13-19/h6-13H,14-15H2,1-5H3. The van der Waals surface area contributed by atoms with Gasteiger partial charge in [-0.15, -0.1) is 0 Å². The lowest BCUT2D eigenvalue weighted by Gasteiger charge is -2.25. The van der Waals surface area contributed by atoms with Gasteiger partial charge in [-0.1, -0.05) is 47.5 Å². The first-order valence-electron chi connectivity index (χ1n) is 8.81. The van der Waals surface area contributed by atoms with Gasteiger partial charge in [0.15, 0.2) is 0 Å². The number of esters is 1. The number of benzene rings is 2. The highest BCUT2D eigenvalue weighted by atomic mass is 32.2. The molecule has 5 nitrogen and oxygen atoms in total. The summed E-state index contributed by atoms with van der Waals surface area (Å²) >= 11 is 0. The smallest absolute Gasteiger partial charge is 0.321 e. The summed E-state index contributed by atoms with van der Waals surface area (Å²) in [5.74, 6) is -0.578. The Kier molecular flexibility index (Phi) is 6.44. The van der Waals surface area contributed by atoms with Crippen LogP contribution >= 0.6 is 0 Å². The topological polar surface area (TPSA) is 63.7 Å². The van der Waals surface area contributed by atoms with Gasteiger partial charge in [-0.3, -0.25) is 4.79 Å². The van der Waals surface area contributed by atoms with Gasteiger partial charge in [0.2, 0.25) is 10.0 Å². The number of hydrogen-bond acceptors (Lipinski definition) is 4. The number of sulfonamides is 1. The van der Waals surface area contributed by atoms with E-state index < -0.39 is 21.6 Å². The number of rotatable bonds is 6. The monoisotopic (exact) mass is 389 g/mol. The second kappa shape index (κ2) is 8.23. The van der Waals surface area contributed by atoms with E-state index in [1.165, 1.54) is 0 Å². The zero-order valence-corrected chi connectivity index (χ0v) is 17.3. The van der Waals surface area contributed by atoms with Crippen molar-refractivity contribution < 1.29 is 17.9 Å². The second-order valence-electron chi connectivity index (χ2n) is 7.66. The molecule has 0 aliphatic carbocycles. The van der Waals surface area contributed by atoms with Gasteiger partial charge in [0.25, 0.3) is 0 Å². The van der Waals surface area contributed by atoms with Crippen molar-refractivity contribution in [2.75, 3.05) is 6.54 Å². The van der Waals surface area contributed by atoms with Crippen LogP contribution in [0.4, 0.5) is 0 Å². The zero-order valence-electron chi connectivity index (χ0n) is 16.5. The summed E-state index contributed by atoms with van der Waals surface area (Å²) in [6.45, 7) is 8.86. The normalized spacial score (nSPS) is 12.2. The van der Waals surface area contributed by atoms with E-state index in [9.17, 15) is 13.2 Å². The average molecular weight is 390 g/mol. The van der Waals surface area contributed by atoms with Gasteiger partial charge in [0.1, 0.15) is 12.1 Å². The van der Waals surface area contributed by atoms with Gasteiger partial charge in [-0.05, 0) is 52.3 Å². The fourth-order valence-corrected chi connectivity index (χ4v) is 3.87. The van der Waals surface area contributed by atoms with Gasteiger partial charge in [-0.25, -0.2) is 8.42 Å². The maximum Gasteiger partial charge on any atom is 0.321 e. The van der Waals surface area contributed by atoms with E-state index in [-0.39, 0.29) is 18.0 Å². The van der Waals surface area contributed by atoms with E-state index in [4.69, 9.17) is 4.74 Å². The third-order valence-electron chi connectivity index (χ3n) is 3.86. The minimum atomic E-state index is -3.84. The summed E-state index contributed by atoms with van der Waals surface area (Å²) in [5.41, 5.74) is 2.17.